The topological polar surface area (TPSA) is 79.2 Å². The molecule has 1 heterocycles. The van der Waals surface area contributed by atoms with Crippen molar-refractivity contribution in [2.24, 2.45) is 0 Å². The predicted molar refractivity (Wildman–Crippen MR) is 96.4 cm³/mol. The largest absolute Gasteiger partial charge is 0.448 e. The molecule has 0 radical (unpaired) electrons. The number of benzene rings is 2. The molecule has 3 rings (SSSR count). The number of halogens is 1. The van der Waals surface area contributed by atoms with Crippen molar-refractivity contribution in [2.75, 3.05) is 5.32 Å². The van der Waals surface area contributed by atoms with Crippen LogP contribution < -0.4 is 5.32 Å². The lowest BCUT2D eigenvalue weighted by atomic mass is 10.2. The molecule has 0 unspecified atom stereocenters. The second kappa shape index (κ2) is 7.33. The molecule has 0 aliphatic heterocycles. The molecule has 0 aliphatic carbocycles. The summed E-state index contributed by atoms with van der Waals surface area (Å²) in [6.45, 7) is 1.44. The summed E-state index contributed by atoms with van der Waals surface area (Å²) in [5.74, 6) is -1.64. The third-order valence-electron chi connectivity index (χ3n) is 3.62. The fourth-order valence-corrected chi connectivity index (χ4v) is 3.27. The van der Waals surface area contributed by atoms with E-state index >= 15 is 0 Å². The molecule has 26 heavy (non-hydrogen) atoms. The number of hydrogen-bond donors (Lipinski definition) is 1. The number of nitrogens with one attached hydrogen (secondary N) is 1. The van der Waals surface area contributed by atoms with E-state index in [1.54, 1.807) is 30.3 Å². The molecule has 0 saturated heterocycles. The smallest absolute Gasteiger partial charge is 0.349 e. The molecular formula is C19H13FN2O3S. The number of carbonyl (C=O) groups excluding carboxylic acids is 2. The molecule has 0 aliphatic rings. The van der Waals surface area contributed by atoms with E-state index in [1.165, 1.54) is 25.1 Å². The maximum Gasteiger partial charge on any atom is 0.349 e. The minimum atomic E-state index is -1.05. The lowest BCUT2D eigenvalue weighted by Crippen LogP contribution is -2.29. The Morgan fingerprint density at radius 2 is 2.00 bits per heavy atom. The van der Waals surface area contributed by atoms with Gasteiger partial charge in [0.15, 0.2) is 6.10 Å². The quantitative estimate of drug-likeness (QED) is 0.703. The minimum Gasteiger partial charge on any atom is -0.448 e. The maximum atomic E-state index is 13.7. The molecule has 0 fully saturated rings. The first-order valence-corrected chi connectivity index (χ1v) is 8.49. The lowest BCUT2D eigenvalue weighted by Gasteiger charge is -2.13. The Labute approximate surface area is 152 Å². The summed E-state index contributed by atoms with van der Waals surface area (Å²) in [6.07, 6.45) is -1.05. The van der Waals surface area contributed by atoms with Gasteiger partial charge in [-0.25, -0.2) is 9.18 Å². The molecule has 0 bridgehead atoms. The van der Waals surface area contributed by atoms with Crippen molar-refractivity contribution in [3.63, 3.8) is 0 Å². The van der Waals surface area contributed by atoms with E-state index in [4.69, 9.17) is 10.00 Å². The van der Waals surface area contributed by atoms with Crippen LogP contribution in [0.5, 0.6) is 0 Å². The van der Waals surface area contributed by atoms with E-state index in [-0.39, 0.29) is 4.88 Å². The number of esters is 1. The molecule has 0 saturated carbocycles. The number of rotatable bonds is 4. The monoisotopic (exact) mass is 368 g/mol. The zero-order chi connectivity index (χ0) is 18.7. The summed E-state index contributed by atoms with van der Waals surface area (Å²) in [7, 11) is 0. The predicted octanol–water partition coefficient (Wildman–Crippen LogP) is 4.10. The minimum absolute atomic E-state index is 0.219. The van der Waals surface area contributed by atoms with Gasteiger partial charge in [0.1, 0.15) is 10.7 Å². The van der Waals surface area contributed by atoms with Gasteiger partial charge >= 0.3 is 5.97 Å². The first-order chi connectivity index (χ1) is 12.5. The first kappa shape index (κ1) is 17.6. The zero-order valence-corrected chi connectivity index (χ0v) is 14.5. The fraction of sp³-hybridized carbons (Fsp3) is 0.105. The second-order valence-electron chi connectivity index (χ2n) is 5.49. The Morgan fingerprint density at radius 1 is 1.23 bits per heavy atom. The van der Waals surface area contributed by atoms with Gasteiger partial charge < -0.3 is 10.1 Å². The Morgan fingerprint density at radius 3 is 2.73 bits per heavy atom. The number of anilines is 1. The van der Waals surface area contributed by atoms with Crippen LogP contribution >= 0.6 is 11.3 Å². The van der Waals surface area contributed by atoms with Crippen LogP contribution in [0.15, 0.2) is 48.5 Å². The molecule has 1 N–H and O–H groups in total. The van der Waals surface area contributed by atoms with E-state index in [9.17, 15) is 14.0 Å². The number of amides is 1. The molecule has 1 atom stereocenters. The summed E-state index contributed by atoms with van der Waals surface area (Å²) in [5, 5.41) is 11.8. The van der Waals surface area contributed by atoms with Crippen LogP contribution in [-0.4, -0.2) is 18.0 Å². The summed E-state index contributed by atoms with van der Waals surface area (Å²) < 4.78 is 19.5. The fourth-order valence-electron chi connectivity index (χ4n) is 2.31. The van der Waals surface area contributed by atoms with Crippen molar-refractivity contribution in [1.82, 2.24) is 0 Å². The van der Waals surface area contributed by atoms with Gasteiger partial charge in [-0.05, 0) is 43.3 Å². The van der Waals surface area contributed by atoms with Crippen molar-refractivity contribution in [2.45, 2.75) is 13.0 Å². The van der Waals surface area contributed by atoms with Gasteiger partial charge in [0.05, 0.1) is 11.6 Å². The van der Waals surface area contributed by atoms with Gasteiger partial charge in [0, 0.05) is 15.8 Å². The SMILES string of the molecule is C[C@@H](OC(=O)c1cc2c(F)cccc2s1)C(=O)Nc1cccc(C#N)c1. The maximum absolute atomic E-state index is 13.7. The normalized spacial score (nSPS) is 11.6. The van der Waals surface area contributed by atoms with Gasteiger partial charge in [-0.2, -0.15) is 5.26 Å². The van der Waals surface area contributed by atoms with Crippen molar-refractivity contribution < 1.29 is 18.7 Å². The standard InChI is InChI=1S/C19H13FN2O3S/c1-11(18(23)22-13-5-2-4-12(8-13)10-21)25-19(24)17-9-14-15(20)6-3-7-16(14)26-17/h2-9,11H,1H3,(H,22,23)/t11-/m1/s1. The summed E-state index contributed by atoms with van der Waals surface area (Å²) in [5.41, 5.74) is 0.834. The summed E-state index contributed by atoms with van der Waals surface area (Å²) in [6, 6.07) is 14.4. The molecule has 7 heteroatoms. The number of thiophene rings is 1. The molecular weight excluding hydrogens is 355 g/mol. The first-order valence-electron chi connectivity index (χ1n) is 7.68. The van der Waals surface area contributed by atoms with Crippen molar-refractivity contribution >= 4 is 39.0 Å². The Bertz CT molecular complexity index is 1040. The molecule has 1 aromatic heterocycles. The number of nitrogens with zero attached hydrogens (tertiary/aromatic N) is 1. The van der Waals surface area contributed by atoms with E-state index < -0.39 is 23.8 Å². The third-order valence-corrected chi connectivity index (χ3v) is 4.70. The summed E-state index contributed by atoms with van der Waals surface area (Å²) >= 11 is 1.10. The highest BCUT2D eigenvalue weighted by atomic mass is 32.1. The highest BCUT2D eigenvalue weighted by Crippen LogP contribution is 2.28. The van der Waals surface area contributed by atoms with E-state index in [0.29, 0.717) is 21.3 Å². The van der Waals surface area contributed by atoms with E-state index in [1.807, 2.05) is 6.07 Å². The van der Waals surface area contributed by atoms with Crippen molar-refractivity contribution in [3.05, 3.63) is 64.8 Å². The lowest BCUT2D eigenvalue weighted by molar-refractivity contribution is -0.123. The van der Waals surface area contributed by atoms with Crippen LogP contribution in [0.25, 0.3) is 10.1 Å². The zero-order valence-electron chi connectivity index (χ0n) is 13.7. The average molecular weight is 368 g/mol. The van der Waals surface area contributed by atoms with Gasteiger partial charge in [0.25, 0.3) is 5.91 Å². The second-order valence-corrected chi connectivity index (χ2v) is 6.58. The number of ether oxygens (including phenoxy) is 1. The average Bonchev–Trinajstić information content (AvgIpc) is 3.07. The van der Waals surface area contributed by atoms with Gasteiger partial charge in [-0.15, -0.1) is 11.3 Å². The molecule has 2 aromatic carbocycles. The molecule has 0 spiro atoms. The molecule has 130 valence electrons. The van der Waals surface area contributed by atoms with Crippen LogP contribution in [0, 0.1) is 17.1 Å². The Hall–Kier alpha value is -3.24. The number of carbonyl (C=O) groups is 2. The highest BCUT2D eigenvalue weighted by molar-refractivity contribution is 7.20. The number of nitriles is 1. The van der Waals surface area contributed by atoms with Crippen LogP contribution in [0.3, 0.4) is 0 Å². The van der Waals surface area contributed by atoms with E-state index in [2.05, 4.69) is 5.32 Å². The van der Waals surface area contributed by atoms with Crippen LogP contribution in [0.1, 0.15) is 22.2 Å². The third kappa shape index (κ3) is 3.71. The van der Waals surface area contributed by atoms with Gasteiger partial charge in [-0.1, -0.05) is 12.1 Å². The molecule has 1 amide bonds. The van der Waals surface area contributed by atoms with Crippen molar-refractivity contribution in [1.29, 1.82) is 5.26 Å². The Kier molecular flexibility index (Phi) is 4.96. The van der Waals surface area contributed by atoms with Crippen molar-refractivity contribution in [3.8, 4) is 6.07 Å². The van der Waals surface area contributed by atoms with Crippen LogP contribution in [0.4, 0.5) is 10.1 Å². The number of fused-ring (bicyclic) bond motifs is 1. The number of hydrogen-bond acceptors (Lipinski definition) is 5. The molecule has 3 aromatic rings. The van der Waals surface area contributed by atoms with Crippen LogP contribution in [0.2, 0.25) is 0 Å². The van der Waals surface area contributed by atoms with Gasteiger partial charge in [-0.3, -0.25) is 4.79 Å². The highest BCUT2D eigenvalue weighted by Gasteiger charge is 2.21. The van der Waals surface area contributed by atoms with E-state index in [0.717, 1.165) is 11.3 Å². The van der Waals surface area contributed by atoms with Gasteiger partial charge in [0.2, 0.25) is 0 Å². The summed E-state index contributed by atoms with van der Waals surface area (Å²) in [4.78, 5) is 24.6. The molecule has 5 nitrogen and oxygen atoms in total. The Balaban J connectivity index is 1.68. The van der Waals surface area contributed by atoms with Crippen LogP contribution in [-0.2, 0) is 9.53 Å².